The molecule has 1 aromatic carbocycles. The van der Waals surface area contributed by atoms with Gasteiger partial charge in [-0.25, -0.2) is 9.37 Å². The van der Waals surface area contributed by atoms with Crippen molar-refractivity contribution in [2.45, 2.75) is 32.6 Å². The molecule has 0 spiro atoms. The number of halogens is 1. The van der Waals surface area contributed by atoms with Gasteiger partial charge in [-0.1, -0.05) is 37.3 Å². The van der Waals surface area contributed by atoms with E-state index < -0.39 is 0 Å². The summed E-state index contributed by atoms with van der Waals surface area (Å²) in [5.74, 6) is 0.428. The van der Waals surface area contributed by atoms with E-state index in [-0.39, 0.29) is 24.1 Å². The summed E-state index contributed by atoms with van der Waals surface area (Å²) >= 11 is 1.36. The van der Waals surface area contributed by atoms with Gasteiger partial charge in [0, 0.05) is 18.8 Å². The van der Waals surface area contributed by atoms with Crippen LogP contribution in [0.3, 0.4) is 0 Å². The number of amides is 1. The molecule has 0 radical (unpaired) electrons. The van der Waals surface area contributed by atoms with Crippen LogP contribution in [0.1, 0.15) is 37.1 Å². The second-order valence-corrected chi connectivity index (χ2v) is 6.76. The molecule has 0 aliphatic rings. The van der Waals surface area contributed by atoms with Crippen molar-refractivity contribution in [3.63, 3.8) is 0 Å². The zero-order valence-corrected chi connectivity index (χ0v) is 14.6. The van der Waals surface area contributed by atoms with Crippen molar-refractivity contribution in [1.82, 2.24) is 15.2 Å². The quantitative estimate of drug-likeness (QED) is 0.718. The van der Waals surface area contributed by atoms with Gasteiger partial charge in [0.1, 0.15) is 10.8 Å². The van der Waals surface area contributed by atoms with Crippen LogP contribution in [0.15, 0.2) is 34.9 Å². The average molecular weight is 360 g/mol. The summed E-state index contributed by atoms with van der Waals surface area (Å²) in [6.07, 6.45) is 1.97. The Balaban J connectivity index is 1.56. The van der Waals surface area contributed by atoms with E-state index >= 15 is 0 Å². The van der Waals surface area contributed by atoms with Gasteiger partial charge in [0.05, 0.1) is 11.8 Å². The molecule has 8 heteroatoms. The number of aromatic nitrogens is 3. The zero-order valence-electron chi connectivity index (χ0n) is 13.8. The largest absolute Gasteiger partial charge is 0.441 e. The third-order valence-corrected chi connectivity index (χ3v) is 4.58. The van der Waals surface area contributed by atoms with Crippen molar-refractivity contribution >= 4 is 22.4 Å². The van der Waals surface area contributed by atoms with Gasteiger partial charge in [-0.3, -0.25) is 4.79 Å². The molecule has 0 aliphatic heterocycles. The number of nitrogens with one attached hydrogen (secondary N) is 1. The normalized spacial score (nSPS) is 11.0. The maximum atomic E-state index is 13.7. The van der Waals surface area contributed by atoms with Crippen LogP contribution in [-0.4, -0.2) is 21.1 Å². The Bertz CT molecular complexity index is 875. The Morgan fingerprint density at radius 1 is 1.32 bits per heavy atom. The first-order valence-electron chi connectivity index (χ1n) is 7.86. The number of carbonyl (C=O) groups excluding carboxylic acids is 1. The number of hydrogen-bond donors (Lipinski definition) is 1. The SMILES string of the molecule is CC(C)c1nnc(NC(=O)CCc2ncc(-c3ccccc3F)o2)s1. The van der Waals surface area contributed by atoms with Gasteiger partial charge in [-0.05, 0) is 12.1 Å². The maximum absolute atomic E-state index is 13.7. The Kier molecular flexibility index (Phi) is 5.18. The second-order valence-electron chi connectivity index (χ2n) is 5.75. The van der Waals surface area contributed by atoms with Gasteiger partial charge >= 0.3 is 0 Å². The molecule has 6 nitrogen and oxygen atoms in total. The van der Waals surface area contributed by atoms with Crippen molar-refractivity contribution in [2.75, 3.05) is 5.32 Å². The fraction of sp³-hybridized carbons (Fsp3) is 0.294. The van der Waals surface area contributed by atoms with Crippen molar-refractivity contribution < 1.29 is 13.6 Å². The van der Waals surface area contributed by atoms with E-state index in [4.69, 9.17) is 4.42 Å². The van der Waals surface area contributed by atoms with Crippen molar-refractivity contribution in [1.29, 1.82) is 0 Å². The fourth-order valence-corrected chi connectivity index (χ4v) is 2.89. The molecule has 3 rings (SSSR count). The van der Waals surface area contributed by atoms with Gasteiger partial charge < -0.3 is 9.73 Å². The van der Waals surface area contributed by atoms with E-state index in [0.717, 1.165) is 5.01 Å². The molecule has 2 heterocycles. The first-order chi connectivity index (χ1) is 12.0. The Morgan fingerprint density at radius 2 is 2.12 bits per heavy atom. The van der Waals surface area contributed by atoms with E-state index in [2.05, 4.69) is 20.5 Å². The summed E-state index contributed by atoms with van der Waals surface area (Å²) < 4.78 is 19.3. The summed E-state index contributed by atoms with van der Waals surface area (Å²) in [5.41, 5.74) is 0.348. The number of hydrogen-bond acceptors (Lipinski definition) is 6. The van der Waals surface area contributed by atoms with Crippen molar-refractivity contribution in [2.24, 2.45) is 0 Å². The lowest BCUT2D eigenvalue weighted by atomic mass is 10.2. The summed E-state index contributed by atoms with van der Waals surface area (Å²) in [6.45, 7) is 4.03. The molecule has 130 valence electrons. The van der Waals surface area contributed by atoms with Crippen LogP contribution >= 0.6 is 11.3 Å². The molecule has 2 aromatic heterocycles. The Morgan fingerprint density at radius 3 is 2.84 bits per heavy atom. The molecule has 0 unspecified atom stereocenters. The van der Waals surface area contributed by atoms with Gasteiger partial charge in [-0.2, -0.15) is 0 Å². The van der Waals surface area contributed by atoms with Gasteiger partial charge in [0.15, 0.2) is 11.7 Å². The highest BCUT2D eigenvalue weighted by Gasteiger charge is 2.13. The minimum absolute atomic E-state index is 0.188. The predicted octanol–water partition coefficient (Wildman–Crippen LogP) is 4.03. The molecule has 0 saturated carbocycles. The minimum atomic E-state index is -0.375. The molecule has 3 aromatic rings. The second kappa shape index (κ2) is 7.52. The highest BCUT2D eigenvalue weighted by Crippen LogP contribution is 2.24. The lowest BCUT2D eigenvalue weighted by Gasteiger charge is -2.00. The first-order valence-corrected chi connectivity index (χ1v) is 8.67. The molecule has 0 aliphatic carbocycles. The summed E-state index contributed by atoms with van der Waals surface area (Å²) in [6, 6.07) is 6.31. The number of benzene rings is 1. The van der Waals surface area contributed by atoms with Gasteiger partial charge in [0.25, 0.3) is 0 Å². The third kappa shape index (κ3) is 4.27. The zero-order chi connectivity index (χ0) is 17.8. The van der Waals surface area contributed by atoms with Crippen LogP contribution < -0.4 is 5.32 Å². The van der Waals surface area contributed by atoms with Crippen LogP contribution in [0.2, 0.25) is 0 Å². The van der Waals surface area contributed by atoms with E-state index in [1.807, 2.05) is 13.8 Å². The number of anilines is 1. The Labute approximate surface area is 148 Å². The van der Waals surface area contributed by atoms with Crippen LogP contribution in [0.5, 0.6) is 0 Å². The monoisotopic (exact) mass is 360 g/mol. The minimum Gasteiger partial charge on any atom is -0.441 e. The van der Waals surface area contributed by atoms with Gasteiger partial charge in [-0.15, -0.1) is 10.2 Å². The molecule has 0 saturated heterocycles. The lowest BCUT2D eigenvalue weighted by molar-refractivity contribution is -0.116. The molecular weight excluding hydrogens is 343 g/mol. The average Bonchev–Trinajstić information content (AvgIpc) is 3.23. The summed E-state index contributed by atoms with van der Waals surface area (Å²) in [4.78, 5) is 16.1. The molecule has 1 amide bonds. The third-order valence-electron chi connectivity index (χ3n) is 3.44. The van der Waals surface area contributed by atoms with Crippen LogP contribution in [0.25, 0.3) is 11.3 Å². The highest BCUT2D eigenvalue weighted by atomic mass is 32.1. The number of rotatable bonds is 6. The summed E-state index contributed by atoms with van der Waals surface area (Å²) in [5, 5.41) is 12.0. The van der Waals surface area contributed by atoms with E-state index in [1.54, 1.807) is 18.2 Å². The molecule has 1 N–H and O–H groups in total. The molecule has 0 fully saturated rings. The smallest absolute Gasteiger partial charge is 0.226 e. The molecular formula is C17H17FN4O2S. The number of oxazole rings is 1. The predicted molar refractivity (Wildman–Crippen MR) is 92.8 cm³/mol. The molecule has 0 bridgehead atoms. The van der Waals surface area contributed by atoms with Crippen LogP contribution in [-0.2, 0) is 11.2 Å². The number of nitrogens with zero attached hydrogens (tertiary/aromatic N) is 3. The van der Waals surface area contributed by atoms with E-state index in [1.165, 1.54) is 23.6 Å². The Hall–Kier alpha value is -2.61. The topological polar surface area (TPSA) is 80.9 Å². The first kappa shape index (κ1) is 17.2. The van der Waals surface area contributed by atoms with Crippen molar-refractivity contribution in [3.8, 4) is 11.3 Å². The van der Waals surface area contributed by atoms with E-state index in [0.29, 0.717) is 28.8 Å². The molecule has 25 heavy (non-hydrogen) atoms. The van der Waals surface area contributed by atoms with Crippen LogP contribution in [0, 0.1) is 5.82 Å². The van der Waals surface area contributed by atoms with Crippen LogP contribution in [0.4, 0.5) is 9.52 Å². The van der Waals surface area contributed by atoms with Crippen molar-refractivity contribution in [3.05, 3.63) is 47.2 Å². The number of aryl methyl sites for hydroxylation is 1. The summed E-state index contributed by atoms with van der Waals surface area (Å²) in [7, 11) is 0. The fourth-order valence-electron chi connectivity index (χ4n) is 2.13. The van der Waals surface area contributed by atoms with Gasteiger partial charge in [0.2, 0.25) is 11.0 Å². The van der Waals surface area contributed by atoms with E-state index in [9.17, 15) is 9.18 Å². The molecule has 0 atom stereocenters. The highest BCUT2D eigenvalue weighted by molar-refractivity contribution is 7.15. The standard InChI is InChI=1S/C17H17FN4O2S/c1-10(2)16-21-22-17(25-16)20-14(23)7-8-15-19-9-13(24-15)11-5-3-4-6-12(11)18/h3-6,9-10H,7-8H2,1-2H3,(H,20,22,23). The lowest BCUT2D eigenvalue weighted by Crippen LogP contribution is -2.12. The number of carbonyl (C=O) groups is 1. The maximum Gasteiger partial charge on any atom is 0.226 e.